The van der Waals surface area contributed by atoms with Gasteiger partial charge in [-0.3, -0.25) is 14.2 Å². The van der Waals surface area contributed by atoms with E-state index in [0.717, 1.165) is 23.0 Å². The zero-order valence-corrected chi connectivity index (χ0v) is 29.3. The number of hydrogen-bond acceptors (Lipinski definition) is 10. The second-order valence-corrected chi connectivity index (χ2v) is 11.6. The quantitative estimate of drug-likeness (QED) is 0.0624. The van der Waals surface area contributed by atoms with Crippen LogP contribution in [0.25, 0.3) is 34.0 Å². The molecular formula is C31H26F5N5NaO7P. The Morgan fingerprint density at radius 1 is 1.00 bits per heavy atom. The third-order valence-electron chi connectivity index (χ3n) is 6.90. The van der Waals surface area contributed by atoms with Gasteiger partial charge in [-0.1, -0.05) is 19.1 Å². The molecule has 2 atom stereocenters. The molecule has 0 radical (unpaired) electrons. The number of rotatable bonds is 13. The third-order valence-corrected chi connectivity index (χ3v) is 7.41. The fourth-order valence-corrected chi connectivity index (χ4v) is 5.04. The molecule has 2 aliphatic rings. The number of alkyl halides is 3. The summed E-state index contributed by atoms with van der Waals surface area (Å²) in [6, 6.07) is 8.22. The minimum absolute atomic E-state index is 0. The van der Waals surface area contributed by atoms with E-state index in [1.165, 1.54) is 48.8 Å². The van der Waals surface area contributed by atoms with Gasteiger partial charge in [0.15, 0.2) is 23.5 Å². The number of carbonyl (C=O) groups excluding carboxylic acids is 1. The van der Waals surface area contributed by atoms with Gasteiger partial charge in [-0.25, -0.2) is 23.5 Å². The summed E-state index contributed by atoms with van der Waals surface area (Å²) in [7, 11) is -4.99. The molecule has 3 aromatic rings. The average molecular weight is 730 g/mol. The second kappa shape index (κ2) is 16.5. The molecule has 0 bridgehead atoms. The number of phosphoric acid groups is 1. The molecular weight excluding hydrogens is 703 g/mol. The predicted molar refractivity (Wildman–Crippen MR) is 160 cm³/mol. The third kappa shape index (κ3) is 9.48. The van der Waals surface area contributed by atoms with Crippen molar-refractivity contribution in [1.29, 1.82) is 0 Å². The van der Waals surface area contributed by atoms with Crippen LogP contribution in [0.1, 0.15) is 36.9 Å². The maximum atomic E-state index is 14.4. The topological polar surface area (TPSA) is 162 Å². The molecule has 258 valence electrons. The average Bonchev–Trinajstić information content (AvgIpc) is 3.48. The first-order valence-corrected chi connectivity index (χ1v) is 16.1. The van der Waals surface area contributed by atoms with E-state index in [4.69, 9.17) is 14.4 Å². The van der Waals surface area contributed by atoms with E-state index in [2.05, 4.69) is 24.6 Å². The molecule has 1 aromatic heterocycles. The van der Waals surface area contributed by atoms with Crippen LogP contribution in [0.3, 0.4) is 0 Å². The summed E-state index contributed by atoms with van der Waals surface area (Å²) in [6.45, 7) is 1.20. The SMILES string of the molecule is CCCOc1ccc(-c2ccc(C(C(=O)OCCCOP(=O)([O-])O)n3cc4nc(-c5cccc(F)c5F)nc-4cn3)cn2)c(C(F)(F)F)c1.[Na+]. The van der Waals surface area contributed by atoms with E-state index in [0.29, 0.717) is 6.42 Å². The first-order chi connectivity index (χ1) is 23.2. The standard InChI is InChI=1S/C31H27F5N5O7P.Na/c1-2-11-46-19-8-9-20(22(14-19)31(34,35)36)24-10-7-18(15-37-24)28(30(42)47-12-4-13-48-49(43,44)45)41-17-26-25(16-38-41)39-29(40-26)21-5-3-6-23(32)27(21)33;/h3,5-10,14-17,28H,2,4,11-13H2,1H3,(H2,43,44,45);/q;+1/p-1. The summed E-state index contributed by atoms with van der Waals surface area (Å²) in [6.07, 6.45) is -0.620. The first-order valence-electron chi connectivity index (χ1n) is 14.6. The van der Waals surface area contributed by atoms with Crippen LogP contribution in [0, 0.1) is 11.6 Å². The van der Waals surface area contributed by atoms with Crippen LogP contribution in [0.5, 0.6) is 5.75 Å². The number of fused-ring (bicyclic) bond motifs is 1. The molecule has 50 heavy (non-hydrogen) atoms. The Morgan fingerprint density at radius 3 is 2.44 bits per heavy atom. The normalized spacial score (nSPS) is 13.4. The van der Waals surface area contributed by atoms with E-state index >= 15 is 0 Å². The number of nitrogens with zero attached hydrogens (tertiary/aromatic N) is 5. The summed E-state index contributed by atoms with van der Waals surface area (Å²) >= 11 is 0. The van der Waals surface area contributed by atoms with Gasteiger partial charge in [0.2, 0.25) is 0 Å². The Balaban J connectivity index is 0.00000562. The van der Waals surface area contributed by atoms with Crippen LogP contribution < -0.4 is 39.2 Å². The molecule has 0 amide bonds. The maximum Gasteiger partial charge on any atom is 1.00 e. The van der Waals surface area contributed by atoms with E-state index < -0.39 is 49.8 Å². The molecule has 1 N–H and O–H groups in total. The Labute approximate surface area is 303 Å². The molecule has 19 heteroatoms. The Bertz CT molecular complexity index is 1960. The molecule has 2 aromatic carbocycles. The molecule has 2 aliphatic heterocycles. The number of esters is 1. The van der Waals surface area contributed by atoms with Crippen molar-refractivity contribution in [3.05, 3.63) is 89.9 Å². The van der Waals surface area contributed by atoms with Crippen molar-refractivity contribution in [3.8, 4) is 39.8 Å². The van der Waals surface area contributed by atoms with Crippen LogP contribution in [0.2, 0.25) is 0 Å². The minimum Gasteiger partial charge on any atom is -0.756 e. The zero-order valence-electron chi connectivity index (χ0n) is 26.4. The molecule has 0 spiro atoms. The Kier molecular flexibility index (Phi) is 12.8. The number of aromatic nitrogens is 5. The van der Waals surface area contributed by atoms with Crippen molar-refractivity contribution in [2.75, 3.05) is 19.8 Å². The van der Waals surface area contributed by atoms with Gasteiger partial charge in [0.1, 0.15) is 17.1 Å². The molecule has 0 saturated heterocycles. The van der Waals surface area contributed by atoms with Crippen molar-refractivity contribution < 1.29 is 84.7 Å². The van der Waals surface area contributed by atoms with Gasteiger partial charge >= 0.3 is 41.7 Å². The van der Waals surface area contributed by atoms with Crippen molar-refractivity contribution in [3.63, 3.8) is 0 Å². The predicted octanol–water partition coefficient (Wildman–Crippen LogP) is 2.60. The molecule has 12 nitrogen and oxygen atoms in total. The van der Waals surface area contributed by atoms with E-state index in [9.17, 15) is 36.2 Å². The van der Waals surface area contributed by atoms with Crippen molar-refractivity contribution in [1.82, 2.24) is 24.7 Å². The number of imidazole rings is 1. The number of benzene rings is 2. The molecule has 0 aliphatic carbocycles. The zero-order chi connectivity index (χ0) is 35.3. The van der Waals surface area contributed by atoms with Crippen molar-refractivity contribution in [2.24, 2.45) is 0 Å². The van der Waals surface area contributed by atoms with Gasteiger partial charge in [0, 0.05) is 23.7 Å². The van der Waals surface area contributed by atoms with E-state index in [1.54, 1.807) is 0 Å². The van der Waals surface area contributed by atoms with Gasteiger partial charge in [0.25, 0.3) is 7.82 Å². The van der Waals surface area contributed by atoms with Crippen molar-refractivity contribution in [2.45, 2.75) is 32.0 Å². The number of pyridine rings is 1. The molecule has 0 fully saturated rings. The summed E-state index contributed by atoms with van der Waals surface area (Å²) in [5, 5.41) is 4.21. The molecule has 5 rings (SSSR count). The summed E-state index contributed by atoms with van der Waals surface area (Å²) in [5.41, 5.74) is -1.08. The van der Waals surface area contributed by atoms with Gasteiger partial charge < -0.3 is 23.8 Å². The number of carbonyl (C=O) groups is 1. The largest absolute Gasteiger partial charge is 1.00 e. The van der Waals surface area contributed by atoms with Gasteiger partial charge in [-0.2, -0.15) is 18.3 Å². The fourth-order valence-electron chi connectivity index (χ4n) is 4.68. The Hall–Kier alpha value is -3.83. The van der Waals surface area contributed by atoms with E-state index in [1.807, 2.05) is 6.92 Å². The number of hydrogen-bond donors (Lipinski definition) is 1. The summed E-state index contributed by atoms with van der Waals surface area (Å²) in [5.74, 6) is -3.32. The second-order valence-electron chi connectivity index (χ2n) is 10.4. The number of halogens is 5. The number of ether oxygens (including phenoxy) is 2. The smallest absolute Gasteiger partial charge is 0.756 e. The van der Waals surface area contributed by atoms with Gasteiger partial charge in [-0.15, -0.1) is 0 Å². The van der Waals surface area contributed by atoms with Crippen molar-refractivity contribution >= 4 is 13.8 Å². The number of phosphoric ester groups is 1. The maximum absolute atomic E-state index is 14.4. The van der Waals surface area contributed by atoms with Crippen LogP contribution in [-0.4, -0.2) is 55.4 Å². The molecule has 0 saturated carbocycles. The molecule has 2 unspecified atom stereocenters. The molecule has 3 heterocycles. The summed E-state index contributed by atoms with van der Waals surface area (Å²) < 4.78 is 97.2. The Morgan fingerprint density at radius 2 is 1.76 bits per heavy atom. The first kappa shape index (κ1) is 39.0. The van der Waals surface area contributed by atoms with Gasteiger partial charge in [0.05, 0.1) is 49.0 Å². The monoisotopic (exact) mass is 729 g/mol. The van der Waals surface area contributed by atoms with Gasteiger partial charge in [-0.05, 0) is 42.8 Å². The van der Waals surface area contributed by atoms with Crippen LogP contribution >= 0.6 is 7.82 Å². The minimum atomic E-state index is -4.99. The van der Waals surface area contributed by atoms with Crippen LogP contribution in [0.4, 0.5) is 22.0 Å². The fraction of sp³-hybridized carbons (Fsp3) is 0.258. The van der Waals surface area contributed by atoms with Crippen LogP contribution in [0.15, 0.2) is 67.1 Å². The van der Waals surface area contributed by atoms with E-state index in [-0.39, 0.29) is 94.5 Å². The van der Waals surface area contributed by atoms with Crippen LogP contribution in [-0.2, 0) is 24.8 Å². The summed E-state index contributed by atoms with van der Waals surface area (Å²) in [4.78, 5) is 45.6.